The van der Waals surface area contributed by atoms with Crippen molar-refractivity contribution in [2.24, 2.45) is 0 Å². The Bertz CT molecular complexity index is 1560. The lowest BCUT2D eigenvalue weighted by Gasteiger charge is -2.30. The van der Waals surface area contributed by atoms with E-state index in [2.05, 4.69) is 159 Å². The number of nitrogens with zero attached hydrogens (tertiary/aromatic N) is 2. The molecular weight excluding hydrogens is 472 g/mol. The Hall–Kier alpha value is -4.30. The molecule has 0 aliphatic heterocycles. The Balaban J connectivity index is 1.41. The molecule has 6 rings (SSSR count). The summed E-state index contributed by atoms with van der Waals surface area (Å²) in [7, 11) is 0. The first-order valence-corrected chi connectivity index (χ1v) is 13.9. The average Bonchev–Trinajstić information content (AvgIpc) is 2.93. The summed E-state index contributed by atoms with van der Waals surface area (Å²) in [5, 5.41) is 0. The van der Waals surface area contributed by atoms with Gasteiger partial charge in [-0.3, -0.25) is 0 Å². The van der Waals surface area contributed by atoms with Gasteiger partial charge in [0.15, 0.2) is 0 Å². The summed E-state index contributed by atoms with van der Waals surface area (Å²) in [4.78, 5) is 4.70. The molecular formula is C37H36N2. The Morgan fingerprint density at radius 3 is 1.38 bits per heavy atom. The van der Waals surface area contributed by atoms with Crippen molar-refractivity contribution in [3.05, 3.63) is 144 Å². The molecule has 0 heterocycles. The molecule has 1 aliphatic rings. The van der Waals surface area contributed by atoms with E-state index < -0.39 is 0 Å². The van der Waals surface area contributed by atoms with Crippen LogP contribution in [0.4, 0.5) is 34.1 Å². The molecule has 0 N–H and O–H groups in total. The van der Waals surface area contributed by atoms with E-state index in [1.54, 1.807) is 0 Å². The van der Waals surface area contributed by atoms with Crippen molar-refractivity contribution in [3.8, 4) is 0 Å². The molecule has 0 bridgehead atoms. The highest BCUT2D eigenvalue weighted by atomic mass is 15.2. The van der Waals surface area contributed by atoms with Gasteiger partial charge in [-0.25, -0.2) is 0 Å². The summed E-state index contributed by atoms with van der Waals surface area (Å²) in [6.07, 6.45) is 2.37. The maximum Gasteiger partial charge on any atom is 0.0464 e. The maximum atomic E-state index is 2.36. The van der Waals surface area contributed by atoms with E-state index in [4.69, 9.17) is 0 Å². The fraction of sp³-hybridized carbons (Fsp3) is 0.189. The van der Waals surface area contributed by atoms with E-state index in [1.807, 2.05) is 0 Å². The van der Waals surface area contributed by atoms with Crippen LogP contribution in [0.3, 0.4) is 0 Å². The van der Waals surface area contributed by atoms with Gasteiger partial charge in [0.1, 0.15) is 0 Å². The number of anilines is 6. The quantitative estimate of drug-likeness (QED) is 0.225. The smallest absolute Gasteiger partial charge is 0.0464 e. The molecule has 2 nitrogen and oxygen atoms in total. The molecule has 0 spiro atoms. The van der Waals surface area contributed by atoms with Gasteiger partial charge in [-0.1, -0.05) is 74.9 Å². The number of hydrogen-bond donors (Lipinski definition) is 0. The van der Waals surface area contributed by atoms with Crippen LogP contribution in [0.5, 0.6) is 0 Å². The van der Waals surface area contributed by atoms with Crippen molar-refractivity contribution >= 4 is 34.1 Å². The van der Waals surface area contributed by atoms with Gasteiger partial charge in [0.05, 0.1) is 0 Å². The van der Waals surface area contributed by atoms with E-state index in [0.29, 0.717) is 0 Å². The second kappa shape index (κ2) is 10.1. The predicted octanol–water partition coefficient (Wildman–Crippen LogP) is 10.3. The molecule has 0 saturated heterocycles. The van der Waals surface area contributed by atoms with Crippen LogP contribution in [-0.2, 0) is 18.3 Å². The molecule has 2 heteroatoms. The van der Waals surface area contributed by atoms with E-state index in [1.165, 1.54) is 40.8 Å². The van der Waals surface area contributed by atoms with Crippen molar-refractivity contribution in [3.63, 3.8) is 0 Å². The summed E-state index contributed by atoms with van der Waals surface area (Å²) >= 11 is 0. The maximum absolute atomic E-state index is 2.36. The lowest BCUT2D eigenvalue weighted by Crippen LogP contribution is -2.15. The van der Waals surface area contributed by atoms with Gasteiger partial charge in [0.25, 0.3) is 0 Å². The Kier molecular flexibility index (Phi) is 6.48. The monoisotopic (exact) mass is 508 g/mol. The van der Waals surface area contributed by atoms with Gasteiger partial charge in [-0.05, 0) is 115 Å². The van der Waals surface area contributed by atoms with Crippen molar-refractivity contribution < 1.29 is 0 Å². The van der Waals surface area contributed by atoms with E-state index >= 15 is 0 Å². The third kappa shape index (κ3) is 5.07. The Morgan fingerprint density at radius 2 is 0.897 bits per heavy atom. The molecule has 39 heavy (non-hydrogen) atoms. The number of hydrogen-bond acceptors (Lipinski definition) is 2. The molecule has 0 radical (unpaired) electrons. The van der Waals surface area contributed by atoms with Crippen molar-refractivity contribution in [2.45, 2.75) is 46.0 Å². The molecule has 0 saturated carbocycles. The first-order chi connectivity index (χ1) is 18.9. The van der Waals surface area contributed by atoms with Crippen LogP contribution in [0.15, 0.2) is 121 Å². The Morgan fingerprint density at radius 1 is 0.462 bits per heavy atom. The minimum Gasteiger partial charge on any atom is -0.311 e. The normalized spacial score (nSPS) is 12.4. The lowest BCUT2D eigenvalue weighted by molar-refractivity contribution is 0.590. The second-order valence-electron chi connectivity index (χ2n) is 11.6. The molecule has 0 unspecified atom stereocenters. The number of para-hydroxylation sites is 1. The third-order valence-corrected chi connectivity index (χ3v) is 7.78. The minimum absolute atomic E-state index is 0.119. The summed E-state index contributed by atoms with van der Waals surface area (Å²) in [6, 6.07) is 44.3. The summed E-state index contributed by atoms with van der Waals surface area (Å²) in [6.45, 7) is 8.92. The van der Waals surface area contributed by atoms with Crippen LogP contribution in [0, 0.1) is 6.92 Å². The van der Waals surface area contributed by atoms with Crippen LogP contribution in [0.2, 0.25) is 0 Å². The average molecular weight is 509 g/mol. The zero-order chi connectivity index (χ0) is 27.0. The highest BCUT2D eigenvalue weighted by Gasteiger charge is 2.20. The Labute approximate surface area is 233 Å². The number of benzene rings is 5. The fourth-order valence-electron chi connectivity index (χ4n) is 5.35. The number of aryl methyl sites for hydroxylation is 3. The lowest BCUT2D eigenvalue weighted by atomic mass is 9.87. The van der Waals surface area contributed by atoms with Crippen LogP contribution in [0.1, 0.15) is 43.0 Å². The molecule has 5 aromatic carbocycles. The molecule has 1 aliphatic carbocycles. The first kappa shape index (κ1) is 25.0. The molecule has 194 valence electrons. The zero-order valence-electron chi connectivity index (χ0n) is 23.4. The summed E-state index contributed by atoms with van der Waals surface area (Å²) in [5.74, 6) is 0. The number of rotatable bonds is 6. The first-order valence-electron chi connectivity index (χ1n) is 13.9. The molecule has 0 amide bonds. The topological polar surface area (TPSA) is 6.48 Å². The van der Waals surface area contributed by atoms with Gasteiger partial charge >= 0.3 is 0 Å². The van der Waals surface area contributed by atoms with Crippen LogP contribution >= 0.6 is 0 Å². The van der Waals surface area contributed by atoms with E-state index in [0.717, 1.165) is 28.4 Å². The van der Waals surface area contributed by atoms with Crippen molar-refractivity contribution in [2.75, 3.05) is 9.80 Å². The van der Waals surface area contributed by atoms with Gasteiger partial charge in [-0.2, -0.15) is 0 Å². The van der Waals surface area contributed by atoms with Gasteiger partial charge < -0.3 is 9.80 Å². The van der Waals surface area contributed by atoms with E-state index in [-0.39, 0.29) is 5.41 Å². The second-order valence-corrected chi connectivity index (χ2v) is 11.6. The highest BCUT2D eigenvalue weighted by molar-refractivity contribution is 5.81. The van der Waals surface area contributed by atoms with Gasteiger partial charge in [0.2, 0.25) is 0 Å². The molecule has 0 aromatic heterocycles. The number of fused-ring (bicyclic) bond motifs is 1. The predicted molar refractivity (Wildman–Crippen MR) is 167 cm³/mol. The van der Waals surface area contributed by atoms with Crippen LogP contribution < -0.4 is 9.80 Å². The molecule has 0 fully saturated rings. The van der Waals surface area contributed by atoms with Gasteiger partial charge in [0, 0.05) is 34.1 Å². The van der Waals surface area contributed by atoms with Crippen molar-refractivity contribution in [1.82, 2.24) is 0 Å². The van der Waals surface area contributed by atoms with Gasteiger partial charge in [-0.15, -0.1) is 0 Å². The van der Waals surface area contributed by atoms with Crippen LogP contribution in [-0.4, -0.2) is 0 Å². The van der Waals surface area contributed by atoms with Crippen LogP contribution in [0.25, 0.3) is 0 Å². The standard InChI is InChI=1S/C37H36N2/c1-27-10-17-32(18-11-27)38(33-20-15-30(16-21-33)37(2,3)4)34-22-24-35(25-23-34)39(31-8-6-5-7-9-31)36-19-14-28-12-13-29(28)26-36/h5-11,14-26H,12-13H2,1-4H3. The zero-order valence-corrected chi connectivity index (χ0v) is 23.4. The van der Waals surface area contributed by atoms with E-state index in [9.17, 15) is 0 Å². The SMILES string of the molecule is Cc1ccc(N(c2ccc(N(c3ccccc3)c3ccc4c(c3)CC4)cc2)c2ccc(C(C)(C)C)cc2)cc1. The summed E-state index contributed by atoms with van der Waals surface area (Å²) < 4.78 is 0. The summed E-state index contributed by atoms with van der Waals surface area (Å²) in [5.41, 5.74) is 12.6. The highest BCUT2D eigenvalue weighted by Crippen LogP contribution is 2.40. The molecule has 0 atom stereocenters. The third-order valence-electron chi connectivity index (χ3n) is 7.78. The molecule has 5 aromatic rings. The fourth-order valence-corrected chi connectivity index (χ4v) is 5.35. The minimum atomic E-state index is 0.119. The largest absolute Gasteiger partial charge is 0.311 e. The van der Waals surface area contributed by atoms with Crippen molar-refractivity contribution in [1.29, 1.82) is 0 Å².